The molecule has 0 aromatic carbocycles. The molecule has 3 rings (SSSR count). The summed E-state index contributed by atoms with van der Waals surface area (Å²) in [6, 6.07) is 0. The molecule has 1 unspecified atom stereocenters. The van der Waals surface area contributed by atoms with Crippen LogP contribution < -0.4 is 5.32 Å². The molecule has 1 atom stereocenters. The molecule has 2 aliphatic heterocycles. The Morgan fingerprint density at radius 3 is 3.20 bits per heavy atom. The second-order valence-corrected chi connectivity index (χ2v) is 5.60. The van der Waals surface area contributed by atoms with E-state index in [0.29, 0.717) is 0 Å². The van der Waals surface area contributed by atoms with E-state index in [2.05, 4.69) is 33.9 Å². The van der Waals surface area contributed by atoms with Gasteiger partial charge < -0.3 is 5.32 Å². The van der Waals surface area contributed by atoms with Crippen molar-refractivity contribution in [2.75, 3.05) is 11.5 Å². The van der Waals surface area contributed by atoms with Gasteiger partial charge in [-0.3, -0.25) is 4.68 Å². The van der Waals surface area contributed by atoms with Crippen LogP contribution in [-0.4, -0.2) is 21.3 Å². The summed E-state index contributed by atoms with van der Waals surface area (Å²) < 4.78 is 2.13. The van der Waals surface area contributed by atoms with Crippen molar-refractivity contribution in [3.8, 4) is 0 Å². The lowest BCUT2D eigenvalue weighted by atomic mass is 9.97. The van der Waals surface area contributed by atoms with Crippen molar-refractivity contribution >= 4 is 11.8 Å². The van der Waals surface area contributed by atoms with Gasteiger partial charge in [0.05, 0.1) is 5.69 Å². The van der Waals surface area contributed by atoms with Crippen LogP contribution in [0, 0.1) is 0 Å². The predicted octanol–water partition coefficient (Wildman–Crippen LogP) is 1.63. The Kier molecular flexibility index (Phi) is 2.48. The normalized spacial score (nSPS) is 25.5. The molecular weight excluding hydrogens is 206 g/mol. The maximum atomic E-state index is 4.61. The second kappa shape index (κ2) is 3.83. The molecule has 15 heavy (non-hydrogen) atoms. The Bertz CT molecular complexity index is 366. The highest BCUT2D eigenvalue weighted by Gasteiger charge is 2.27. The number of rotatable bonds is 1. The van der Waals surface area contributed by atoms with Gasteiger partial charge >= 0.3 is 0 Å². The van der Waals surface area contributed by atoms with Crippen molar-refractivity contribution in [2.24, 2.45) is 7.05 Å². The number of nitrogens with one attached hydrogen (secondary N) is 1. The van der Waals surface area contributed by atoms with Gasteiger partial charge in [0, 0.05) is 43.1 Å². The van der Waals surface area contributed by atoms with E-state index in [1.165, 1.54) is 41.3 Å². The molecular formula is C11H17N3S. The summed E-state index contributed by atoms with van der Waals surface area (Å²) in [5.74, 6) is 3.37. The zero-order valence-corrected chi connectivity index (χ0v) is 9.94. The van der Waals surface area contributed by atoms with Gasteiger partial charge in [-0.2, -0.15) is 16.9 Å². The second-order valence-electron chi connectivity index (χ2n) is 4.45. The zero-order valence-electron chi connectivity index (χ0n) is 9.12. The highest BCUT2D eigenvalue weighted by Crippen LogP contribution is 2.34. The quantitative estimate of drug-likeness (QED) is 0.785. The molecule has 0 amide bonds. The van der Waals surface area contributed by atoms with Gasteiger partial charge in [-0.15, -0.1) is 0 Å². The zero-order chi connectivity index (χ0) is 10.3. The van der Waals surface area contributed by atoms with Gasteiger partial charge in [0.2, 0.25) is 0 Å². The van der Waals surface area contributed by atoms with Gasteiger partial charge in [-0.05, 0) is 18.6 Å². The van der Waals surface area contributed by atoms with E-state index in [-0.39, 0.29) is 0 Å². The van der Waals surface area contributed by atoms with Gasteiger partial charge in [-0.1, -0.05) is 0 Å². The number of nitrogens with zero attached hydrogens (tertiary/aromatic N) is 2. The molecule has 1 N–H and O–H groups in total. The first-order chi connectivity index (χ1) is 7.36. The molecule has 2 aliphatic rings. The SMILES string of the molecule is Cn1nc2c(c1C1CCCSC1)CNC2. The summed E-state index contributed by atoms with van der Waals surface area (Å²) >= 11 is 2.09. The summed E-state index contributed by atoms with van der Waals surface area (Å²) in [7, 11) is 2.10. The average Bonchev–Trinajstić information content (AvgIpc) is 2.78. The lowest BCUT2D eigenvalue weighted by Crippen LogP contribution is -2.16. The Morgan fingerprint density at radius 2 is 2.40 bits per heavy atom. The van der Waals surface area contributed by atoms with Crippen molar-refractivity contribution < 1.29 is 0 Å². The molecule has 82 valence electrons. The van der Waals surface area contributed by atoms with Crippen LogP contribution in [0.5, 0.6) is 0 Å². The highest BCUT2D eigenvalue weighted by molar-refractivity contribution is 7.99. The smallest absolute Gasteiger partial charge is 0.0810 e. The van der Waals surface area contributed by atoms with Crippen LogP contribution in [-0.2, 0) is 20.1 Å². The largest absolute Gasteiger partial charge is 0.307 e. The Morgan fingerprint density at radius 1 is 1.47 bits per heavy atom. The molecule has 3 nitrogen and oxygen atoms in total. The minimum Gasteiger partial charge on any atom is -0.307 e. The Labute approximate surface area is 94.6 Å². The van der Waals surface area contributed by atoms with Crippen LogP contribution in [0.4, 0.5) is 0 Å². The predicted molar refractivity (Wildman–Crippen MR) is 63.1 cm³/mol. The van der Waals surface area contributed by atoms with Gasteiger partial charge in [-0.25, -0.2) is 0 Å². The highest BCUT2D eigenvalue weighted by atomic mass is 32.2. The molecule has 1 saturated heterocycles. The van der Waals surface area contributed by atoms with Crippen molar-refractivity contribution in [3.63, 3.8) is 0 Å². The fourth-order valence-corrected chi connectivity index (χ4v) is 3.89. The first kappa shape index (κ1) is 9.73. The summed E-state index contributed by atoms with van der Waals surface area (Å²) in [5, 5.41) is 8.00. The molecule has 0 bridgehead atoms. The topological polar surface area (TPSA) is 29.9 Å². The Balaban J connectivity index is 1.95. The van der Waals surface area contributed by atoms with E-state index in [1.54, 1.807) is 0 Å². The summed E-state index contributed by atoms with van der Waals surface area (Å²) in [6.45, 7) is 1.99. The minimum atomic E-state index is 0.741. The maximum Gasteiger partial charge on any atom is 0.0810 e. The molecule has 1 aromatic heterocycles. The monoisotopic (exact) mass is 223 g/mol. The summed E-state index contributed by atoms with van der Waals surface area (Å²) in [4.78, 5) is 0. The molecule has 3 heterocycles. The molecule has 0 aliphatic carbocycles. The van der Waals surface area contributed by atoms with E-state index in [1.807, 2.05) is 0 Å². The number of aryl methyl sites for hydroxylation is 1. The summed E-state index contributed by atoms with van der Waals surface area (Å²) in [6.07, 6.45) is 2.71. The third kappa shape index (κ3) is 1.60. The van der Waals surface area contributed by atoms with E-state index < -0.39 is 0 Å². The summed E-state index contributed by atoms with van der Waals surface area (Å²) in [5.41, 5.74) is 4.27. The van der Waals surface area contributed by atoms with Crippen LogP contribution in [0.15, 0.2) is 0 Å². The lowest BCUT2D eigenvalue weighted by molar-refractivity contribution is 0.574. The van der Waals surface area contributed by atoms with Crippen molar-refractivity contribution in [1.29, 1.82) is 0 Å². The standard InChI is InChI=1S/C11H17N3S/c1-14-11(8-3-2-4-15-7-8)9-5-12-6-10(9)13-14/h8,12H,2-7H2,1H3. The fourth-order valence-electron chi connectivity index (χ4n) is 2.75. The van der Waals surface area contributed by atoms with Gasteiger partial charge in [0.15, 0.2) is 0 Å². The van der Waals surface area contributed by atoms with Crippen molar-refractivity contribution in [2.45, 2.75) is 31.8 Å². The molecule has 0 radical (unpaired) electrons. The number of fused-ring (bicyclic) bond motifs is 1. The van der Waals surface area contributed by atoms with Gasteiger partial charge in [0.25, 0.3) is 0 Å². The first-order valence-corrected chi connectivity index (χ1v) is 6.85. The lowest BCUT2D eigenvalue weighted by Gasteiger charge is -2.22. The fraction of sp³-hybridized carbons (Fsp3) is 0.727. The number of hydrogen-bond acceptors (Lipinski definition) is 3. The van der Waals surface area contributed by atoms with Crippen LogP contribution in [0.1, 0.15) is 35.7 Å². The van der Waals surface area contributed by atoms with Crippen LogP contribution in [0.2, 0.25) is 0 Å². The van der Waals surface area contributed by atoms with E-state index >= 15 is 0 Å². The Hall–Kier alpha value is -0.480. The van der Waals surface area contributed by atoms with Crippen LogP contribution in [0.3, 0.4) is 0 Å². The third-order valence-electron chi connectivity index (χ3n) is 3.42. The van der Waals surface area contributed by atoms with E-state index in [4.69, 9.17) is 0 Å². The average molecular weight is 223 g/mol. The number of thioether (sulfide) groups is 1. The molecule has 1 aromatic rings. The van der Waals surface area contributed by atoms with Crippen LogP contribution in [0.25, 0.3) is 0 Å². The number of hydrogen-bond donors (Lipinski definition) is 1. The van der Waals surface area contributed by atoms with Crippen molar-refractivity contribution in [3.05, 3.63) is 17.0 Å². The first-order valence-electron chi connectivity index (χ1n) is 5.69. The van der Waals surface area contributed by atoms with Crippen LogP contribution >= 0.6 is 11.8 Å². The molecule has 0 saturated carbocycles. The maximum absolute atomic E-state index is 4.61. The molecule has 4 heteroatoms. The minimum absolute atomic E-state index is 0.741. The molecule has 1 fully saturated rings. The third-order valence-corrected chi connectivity index (χ3v) is 4.63. The van der Waals surface area contributed by atoms with E-state index in [9.17, 15) is 0 Å². The van der Waals surface area contributed by atoms with Crippen molar-refractivity contribution in [1.82, 2.24) is 15.1 Å². The number of aromatic nitrogens is 2. The molecule has 0 spiro atoms. The van der Waals surface area contributed by atoms with E-state index in [0.717, 1.165) is 19.0 Å². The van der Waals surface area contributed by atoms with Gasteiger partial charge in [0.1, 0.15) is 0 Å².